The molecule has 2 atom stereocenters. The Morgan fingerprint density at radius 1 is 1.24 bits per heavy atom. The minimum atomic E-state index is -0.425. The molecule has 1 aliphatic carbocycles. The van der Waals surface area contributed by atoms with E-state index in [1.807, 2.05) is 4.90 Å². The highest BCUT2D eigenvalue weighted by Gasteiger charge is 2.39. The molecule has 132 valence electrons. The van der Waals surface area contributed by atoms with Crippen LogP contribution in [-0.4, -0.2) is 36.1 Å². The van der Waals surface area contributed by atoms with E-state index in [4.69, 9.17) is 13.9 Å². The third-order valence-electron chi connectivity index (χ3n) is 4.82. The number of halogens is 1. The zero-order chi connectivity index (χ0) is 17.2. The first-order chi connectivity index (χ1) is 12.2. The molecule has 1 saturated carbocycles. The largest absolute Gasteiger partial charge is 0.483 e. The third-order valence-corrected chi connectivity index (χ3v) is 4.82. The first-order valence-corrected chi connectivity index (χ1v) is 8.61. The van der Waals surface area contributed by atoms with E-state index in [1.165, 1.54) is 6.07 Å². The van der Waals surface area contributed by atoms with Crippen molar-refractivity contribution in [2.24, 2.45) is 0 Å². The highest BCUT2D eigenvalue weighted by atomic mass is 19.1. The van der Waals surface area contributed by atoms with Crippen LogP contribution in [0.4, 0.5) is 4.39 Å². The lowest BCUT2D eigenvalue weighted by atomic mass is 10.1. The van der Waals surface area contributed by atoms with Crippen molar-refractivity contribution in [3.8, 4) is 5.75 Å². The zero-order valence-electron chi connectivity index (χ0n) is 13.8. The molecule has 0 radical (unpaired) electrons. The molecule has 1 aromatic carbocycles. The molecule has 1 aliphatic heterocycles. The van der Waals surface area contributed by atoms with Gasteiger partial charge in [0.05, 0.1) is 18.8 Å². The van der Waals surface area contributed by atoms with E-state index in [2.05, 4.69) is 0 Å². The van der Waals surface area contributed by atoms with Gasteiger partial charge in [0.15, 0.2) is 17.3 Å². The number of carbonyl (C=O) groups is 1. The molecular weight excluding hydrogens is 325 g/mol. The Bertz CT molecular complexity index is 759. The van der Waals surface area contributed by atoms with Crippen LogP contribution in [0.1, 0.15) is 35.6 Å². The van der Waals surface area contributed by atoms with Crippen molar-refractivity contribution in [2.75, 3.05) is 13.2 Å². The van der Waals surface area contributed by atoms with Gasteiger partial charge in [-0.05, 0) is 43.5 Å². The number of para-hydroxylation sites is 1. The minimum absolute atomic E-state index is 0.0728. The number of ether oxygens (including phenoxy) is 2. The van der Waals surface area contributed by atoms with E-state index in [0.717, 1.165) is 19.3 Å². The van der Waals surface area contributed by atoms with Crippen LogP contribution in [0.25, 0.3) is 0 Å². The number of amides is 1. The Balaban J connectivity index is 1.42. The Kier molecular flexibility index (Phi) is 4.44. The summed E-state index contributed by atoms with van der Waals surface area (Å²) < 4.78 is 30.4. The van der Waals surface area contributed by atoms with E-state index in [0.29, 0.717) is 24.7 Å². The van der Waals surface area contributed by atoms with E-state index in [9.17, 15) is 9.18 Å². The molecule has 1 aromatic heterocycles. The Morgan fingerprint density at radius 2 is 2.12 bits per heavy atom. The number of rotatable bonds is 4. The molecule has 6 heteroatoms. The molecule has 2 aliphatic rings. The number of benzene rings is 1. The molecule has 0 N–H and O–H groups in total. The number of furan rings is 1. The topological polar surface area (TPSA) is 51.9 Å². The number of morpholine rings is 1. The van der Waals surface area contributed by atoms with E-state index < -0.39 is 5.82 Å². The first kappa shape index (κ1) is 16.1. The van der Waals surface area contributed by atoms with Crippen molar-refractivity contribution >= 4 is 5.91 Å². The predicted molar refractivity (Wildman–Crippen MR) is 87.9 cm³/mol. The van der Waals surface area contributed by atoms with Crippen LogP contribution >= 0.6 is 0 Å². The normalized spacial score (nSPS) is 22.7. The highest BCUT2D eigenvalue weighted by molar-refractivity contribution is 5.92. The van der Waals surface area contributed by atoms with Gasteiger partial charge in [-0.15, -0.1) is 0 Å². The number of hydrogen-bond acceptors (Lipinski definition) is 4. The standard InChI is InChI=1S/C19H20FNO4/c20-14-4-1-2-6-16(14)24-12-13-8-9-18(25-13)19(22)21-10-11-23-17-7-3-5-15(17)21/h1-2,4,6,8-9,15,17H,3,5,7,10-12H2. The average Bonchev–Trinajstić information content (AvgIpc) is 3.29. The molecule has 25 heavy (non-hydrogen) atoms. The molecule has 1 amide bonds. The van der Waals surface area contributed by atoms with Gasteiger partial charge in [0.25, 0.3) is 5.91 Å². The summed E-state index contributed by atoms with van der Waals surface area (Å²) in [5.41, 5.74) is 0. The summed E-state index contributed by atoms with van der Waals surface area (Å²) in [4.78, 5) is 14.6. The summed E-state index contributed by atoms with van der Waals surface area (Å²) in [5.74, 6) is 0.402. The van der Waals surface area contributed by atoms with Gasteiger partial charge in [0.2, 0.25) is 0 Å². The Hall–Kier alpha value is -2.34. The smallest absolute Gasteiger partial charge is 0.289 e. The minimum Gasteiger partial charge on any atom is -0.483 e. The van der Waals surface area contributed by atoms with Crippen molar-refractivity contribution in [1.29, 1.82) is 0 Å². The molecule has 2 heterocycles. The molecule has 2 unspecified atom stereocenters. The summed E-state index contributed by atoms with van der Waals surface area (Å²) >= 11 is 0. The van der Waals surface area contributed by atoms with Crippen LogP contribution in [0.5, 0.6) is 5.75 Å². The number of hydrogen-bond donors (Lipinski definition) is 0. The van der Waals surface area contributed by atoms with Crippen molar-refractivity contribution in [1.82, 2.24) is 4.90 Å². The zero-order valence-corrected chi connectivity index (χ0v) is 13.8. The van der Waals surface area contributed by atoms with Crippen molar-refractivity contribution in [3.05, 3.63) is 53.7 Å². The second-order valence-corrected chi connectivity index (χ2v) is 6.39. The molecule has 4 rings (SSSR count). The van der Waals surface area contributed by atoms with Crippen molar-refractivity contribution in [2.45, 2.75) is 38.0 Å². The maximum atomic E-state index is 13.6. The number of carbonyl (C=O) groups excluding carboxylic acids is 1. The number of nitrogens with zero attached hydrogens (tertiary/aromatic N) is 1. The third kappa shape index (κ3) is 3.26. The summed E-state index contributed by atoms with van der Waals surface area (Å²) in [7, 11) is 0. The quantitative estimate of drug-likeness (QED) is 0.852. The Labute approximate surface area is 145 Å². The monoisotopic (exact) mass is 345 g/mol. The number of fused-ring (bicyclic) bond motifs is 1. The second kappa shape index (κ2) is 6.88. The van der Waals surface area contributed by atoms with Gasteiger partial charge < -0.3 is 18.8 Å². The molecule has 0 bridgehead atoms. The molecular formula is C19H20FNO4. The van der Waals surface area contributed by atoms with Gasteiger partial charge in [-0.1, -0.05) is 12.1 Å². The fourth-order valence-electron chi connectivity index (χ4n) is 3.60. The SMILES string of the molecule is O=C(c1ccc(COc2ccccc2F)o1)N1CCOC2CCCC21. The van der Waals surface area contributed by atoms with Crippen LogP contribution < -0.4 is 4.74 Å². The molecule has 2 aromatic rings. The average molecular weight is 345 g/mol. The van der Waals surface area contributed by atoms with E-state index >= 15 is 0 Å². The van der Waals surface area contributed by atoms with Crippen molar-refractivity contribution in [3.63, 3.8) is 0 Å². The lowest BCUT2D eigenvalue weighted by molar-refractivity contribution is -0.0454. The molecule has 1 saturated heterocycles. The van der Waals surface area contributed by atoms with Crippen LogP contribution in [0.3, 0.4) is 0 Å². The fourth-order valence-corrected chi connectivity index (χ4v) is 3.60. The summed E-state index contributed by atoms with van der Waals surface area (Å²) in [6, 6.07) is 9.68. The van der Waals surface area contributed by atoms with Crippen molar-refractivity contribution < 1.29 is 23.1 Å². The summed E-state index contributed by atoms with van der Waals surface area (Å²) in [6.07, 6.45) is 3.21. The lowest BCUT2D eigenvalue weighted by Crippen LogP contribution is -2.51. The van der Waals surface area contributed by atoms with Gasteiger partial charge in [-0.3, -0.25) is 4.79 Å². The Morgan fingerprint density at radius 3 is 3.00 bits per heavy atom. The molecule has 5 nitrogen and oxygen atoms in total. The van der Waals surface area contributed by atoms with Crippen LogP contribution in [0, 0.1) is 5.82 Å². The van der Waals surface area contributed by atoms with E-state index in [1.54, 1.807) is 30.3 Å². The molecule has 0 spiro atoms. The highest BCUT2D eigenvalue weighted by Crippen LogP contribution is 2.31. The summed E-state index contributed by atoms with van der Waals surface area (Å²) in [6.45, 7) is 1.22. The van der Waals surface area contributed by atoms with Gasteiger partial charge >= 0.3 is 0 Å². The van der Waals surface area contributed by atoms with Gasteiger partial charge in [-0.25, -0.2) is 4.39 Å². The fraction of sp³-hybridized carbons (Fsp3) is 0.421. The van der Waals surface area contributed by atoms with Gasteiger partial charge in [-0.2, -0.15) is 0 Å². The summed E-state index contributed by atoms with van der Waals surface area (Å²) in [5, 5.41) is 0. The van der Waals surface area contributed by atoms with Gasteiger partial charge in [0.1, 0.15) is 12.4 Å². The first-order valence-electron chi connectivity index (χ1n) is 8.61. The molecule has 2 fully saturated rings. The maximum Gasteiger partial charge on any atom is 0.289 e. The van der Waals surface area contributed by atoms with Crippen LogP contribution in [-0.2, 0) is 11.3 Å². The second-order valence-electron chi connectivity index (χ2n) is 6.39. The van der Waals surface area contributed by atoms with Gasteiger partial charge in [0, 0.05) is 6.54 Å². The van der Waals surface area contributed by atoms with Crippen LogP contribution in [0.2, 0.25) is 0 Å². The maximum absolute atomic E-state index is 13.6. The lowest BCUT2D eigenvalue weighted by Gasteiger charge is -2.37. The van der Waals surface area contributed by atoms with Crippen LogP contribution in [0.15, 0.2) is 40.8 Å². The predicted octanol–water partition coefficient (Wildman–Crippen LogP) is 3.39. The van der Waals surface area contributed by atoms with E-state index in [-0.39, 0.29) is 30.4 Å².